The molecule has 0 atom stereocenters. The minimum absolute atomic E-state index is 0.670. The maximum atomic E-state index is 4.59. The summed E-state index contributed by atoms with van der Waals surface area (Å²) in [4.78, 5) is 13.4. The molecule has 0 aliphatic carbocycles. The van der Waals surface area contributed by atoms with E-state index in [-0.39, 0.29) is 0 Å². The van der Waals surface area contributed by atoms with Gasteiger partial charge in [-0.3, -0.25) is 4.98 Å². The Morgan fingerprint density at radius 1 is 1.10 bits per heavy atom. The fraction of sp³-hybridized carbons (Fsp3) is 0.188. The number of benzene rings is 1. The standard InChI is InChI=1S/C16H16N4/c1-3-17-16-19-11(2)10-15(20-16)13-6-4-8-14-12(13)7-5-9-18-14/h4-10H,3H2,1-2H3,(H,17,19,20). The first-order valence-corrected chi connectivity index (χ1v) is 6.71. The molecule has 1 N–H and O–H groups in total. The highest BCUT2D eigenvalue weighted by Gasteiger charge is 2.08. The number of aryl methyl sites for hydroxylation is 1. The molecule has 0 aliphatic rings. The van der Waals surface area contributed by atoms with Crippen LogP contribution in [0, 0.1) is 6.92 Å². The normalized spacial score (nSPS) is 10.7. The molecule has 0 saturated heterocycles. The van der Waals surface area contributed by atoms with Crippen LogP contribution in [0.1, 0.15) is 12.6 Å². The van der Waals surface area contributed by atoms with Crippen LogP contribution in [0.4, 0.5) is 5.95 Å². The number of nitrogens with zero attached hydrogens (tertiary/aromatic N) is 3. The first-order valence-electron chi connectivity index (χ1n) is 6.71. The van der Waals surface area contributed by atoms with E-state index < -0.39 is 0 Å². The molecule has 2 aromatic heterocycles. The van der Waals surface area contributed by atoms with Crippen molar-refractivity contribution in [1.82, 2.24) is 15.0 Å². The largest absolute Gasteiger partial charge is 0.354 e. The fourth-order valence-corrected chi connectivity index (χ4v) is 2.27. The Bertz CT molecular complexity index is 747. The molecule has 2 heterocycles. The van der Waals surface area contributed by atoms with Gasteiger partial charge in [0.05, 0.1) is 11.2 Å². The summed E-state index contributed by atoms with van der Waals surface area (Å²) in [5.41, 5.74) is 3.94. The Hall–Kier alpha value is -2.49. The average molecular weight is 264 g/mol. The third-order valence-electron chi connectivity index (χ3n) is 3.11. The van der Waals surface area contributed by atoms with Crippen LogP contribution in [0.5, 0.6) is 0 Å². The molecule has 0 bridgehead atoms. The predicted molar refractivity (Wildman–Crippen MR) is 81.7 cm³/mol. The van der Waals surface area contributed by atoms with Gasteiger partial charge < -0.3 is 5.32 Å². The summed E-state index contributed by atoms with van der Waals surface area (Å²) in [7, 11) is 0. The topological polar surface area (TPSA) is 50.7 Å². The Morgan fingerprint density at radius 3 is 2.85 bits per heavy atom. The van der Waals surface area contributed by atoms with Crippen molar-refractivity contribution in [3.8, 4) is 11.3 Å². The van der Waals surface area contributed by atoms with Crippen molar-refractivity contribution in [3.63, 3.8) is 0 Å². The number of nitrogens with one attached hydrogen (secondary N) is 1. The molecule has 0 spiro atoms. The van der Waals surface area contributed by atoms with Crippen molar-refractivity contribution in [2.45, 2.75) is 13.8 Å². The van der Waals surface area contributed by atoms with Gasteiger partial charge in [0, 0.05) is 29.4 Å². The molecule has 4 heteroatoms. The molecule has 4 nitrogen and oxygen atoms in total. The van der Waals surface area contributed by atoms with Crippen molar-refractivity contribution in [3.05, 3.63) is 48.3 Å². The summed E-state index contributed by atoms with van der Waals surface area (Å²) in [6, 6.07) is 12.1. The van der Waals surface area contributed by atoms with Crippen LogP contribution < -0.4 is 5.32 Å². The van der Waals surface area contributed by atoms with E-state index in [9.17, 15) is 0 Å². The number of anilines is 1. The van der Waals surface area contributed by atoms with Crippen LogP contribution in [0.15, 0.2) is 42.6 Å². The van der Waals surface area contributed by atoms with Gasteiger partial charge in [-0.05, 0) is 32.0 Å². The number of aromatic nitrogens is 3. The summed E-state index contributed by atoms with van der Waals surface area (Å²) < 4.78 is 0. The summed E-state index contributed by atoms with van der Waals surface area (Å²) in [5.74, 6) is 0.670. The summed E-state index contributed by atoms with van der Waals surface area (Å²) in [6.07, 6.45) is 1.81. The van der Waals surface area contributed by atoms with E-state index in [4.69, 9.17) is 0 Å². The third kappa shape index (κ3) is 2.32. The molecule has 3 rings (SSSR count). The zero-order valence-corrected chi connectivity index (χ0v) is 11.6. The fourth-order valence-electron chi connectivity index (χ4n) is 2.27. The lowest BCUT2D eigenvalue weighted by atomic mass is 10.0. The lowest BCUT2D eigenvalue weighted by Gasteiger charge is -2.09. The molecule has 3 aromatic rings. The monoisotopic (exact) mass is 264 g/mol. The molecule has 0 fully saturated rings. The van der Waals surface area contributed by atoms with E-state index >= 15 is 0 Å². The van der Waals surface area contributed by atoms with E-state index in [0.29, 0.717) is 5.95 Å². The van der Waals surface area contributed by atoms with E-state index in [2.05, 4.69) is 32.4 Å². The molecule has 20 heavy (non-hydrogen) atoms. The van der Waals surface area contributed by atoms with Gasteiger partial charge in [0.1, 0.15) is 0 Å². The second-order valence-electron chi connectivity index (χ2n) is 4.62. The molecule has 0 radical (unpaired) electrons. The predicted octanol–water partition coefficient (Wildman–Crippen LogP) is 3.43. The van der Waals surface area contributed by atoms with E-state index in [1.165, 1.54) is 0 Å². The highest BCUT2D eigenvalue weighted by Crippen LogP contribution is 2.27. The minimum atomic E-state index is 0.670. The van der Waals surface area contributed by atoms with Gasteiger partial charge in [0.2, 0.25) is 5.95 Å². The van der Waals surface area contributed by atoms with E-state index in [1.54, 1.807) is 6.20 Å². The van der Waals surface area contributed by atoms with E-state index in [0.717, 1.165) is 34.4 Å². The number of hydrogen-bond donors (Lipinski definition) is 1. The first kappa shape index (κ1) is 12.5. The zero-order valence-electron chi connectivity index (χ0n) is 11.6. The van der Waals surface area contributed by atoms with Gasteiger partial charge >= 0.3 is 0 Å². The lowest BCUT2D eigenvalue weighted by molar-refractivity contribution is 1.06. The van der Waals surface area contributed by atoms with Gasteiger partial charge in [-0.15, -0.1) is 0 Å². The van der Waals surface area contributed by atoms with Crippen LogP contribution in [-0.4, -0.2) is 21.5 Å². The van der Waals surface area contributed by atoms with Crippen molar-refractivity contribution >= 4 is 16.9 Å². The van der Waals surface area contributed by atoms with Crippen LogP contribution in [0.25, 0.3) is 22.2 Å². The smallest absolute Gasteiger partial charge is 0.223 e. The lowest BCUT2D eigenvalue weighted by Crippen LogP contribution is -2.04. The van der Waals surface area contributed by atoms with Crippen molar-refractivity contribution in [2.75, 3.05) is 11.9 Å². The quantitative estimate of drug-likeness (QED) is 0.787. The maximum absolute atomic E-state index is 4.59. The molecular formula is C16H16N4. The molecule has 100 valence electrons. The van der Waals surface area contributed by atoms with Crippen molar-refractivity contribution in [1.29, 1.82) is 0 Å². The molecule has 1 aromatic carbocycles. The van der Waals surface area contributed by atoms with Crippen LogP contribution >= 0.6 is 0 Å². The van der Waals surface area contributed by atoms with Gasteiger partial charge in [-0.1, -0.05) is 18.2 Å². The molecular weight excluding hydrogens is 248 g/mol. The Kier molecular flexibility index (Phi) is 3.29. The first-order chi connectivity index (χ1) is 9.78. The zero-order chi connectivity index (χ0) is 13.9. The Morgan fingerprint density at radius 2 is 2.00 bits per heavy atom. The molecule has 0 aliphatic heterocycles. The van der Waals surface area contributed by atoms with Crippen LogP contribution in [-0.2, 0) is 0 Å². The Balaban J connectivity index is 2.20. The number of rotatable bonds is 3. The summed E-state index contributed by atoms with van der Waals surface area (Å²) in [6.45, 7) is 4.82. The van der Waals surface area contributed by atoms with Gasteiger partial charge in [0.15, 0.2) is 0 Å². The third-order valence-corrected chi connectivity index (χ3v) is 3.11. The average Bonchev–Trinajstić information content (AvgIpc) is 2.46. The van der Waals surface area contributed by atoms with Crippen LogP contribution in [0.3, 0.4) is 0 Å². The van der Waals surface area contributed by atoms with E-state index in [1.807, 2.05) is 38.1 Å². The molecule has 0 saturated carbocycles. The van der Waals surface area contributed by atoms with Gasteiger partial charge in [-0.2, -0.15) is 0 Å². The van der Waals surface area contributed by atoms with Crippen molar-refractivity contribution in [2.24, 2.45) is 0 Å². The second kappa shape index (κ2) is 5.25. The van der Waals surface area contributed by atoms with Gasteiger partial charge in [-0.25, -0.2) is 9.97 Å². The summed E-state index contributed by atoms with van der Waals surface area (Å²) in [5, 5.41) is 4.28. The SMILES string of the molecule is CCNc1nc(C)cc(-c2cccc3ncccc23)n1. The number of pyridine rings is 1. The molecule has 0 amide bonds. The van der Waals surface area contributed by atoms with Gasteiger partial charge in [0.25, 0.3) is 0 Å². The molecule has 0 unspecified atom stereocenters. The highest BCUT2D eigenvalue weighted by molar-refractivity contribution is 5.93. The maximum Gasteiger partial charge on any atom is 0.223 e. The number of hydrogen-bond acceptors (Lipinski definition) is 4. The number of fused-ring (bicyclic) bond motifs is 1. The summed E-state index contributed by atoms with van der Waals surface area (Å²) >= 11 is 0. The minimum Gasteiger partial charge on any atom is -0.354 e. The Labute approximate surface area is 117 Å². The highest BCUT2D eigenvalue weighted by atomic mass is 15.1. The van der Waals surface area contributed by atoms with Crippen molar-refractivity contribution < 1.29 is 0 Å². The second-order valence-corrected chi connectivity index (χ2v) is 4.62. The van der Waals surface area contributed by atoms with Crippen LogP contribution in [0.2, 0.25) is 0 Å².